The molecular formula is C23H23ClF3N7O2. The predicted molar refractivity (Wildman–Crippen MR) is 129 cm³/mol. The van der Waals surface area contributed by atoms with E-state index in [0.29, 0.717) is 24.0 Å². The van der Waals surface area contributed by atoms with Crippen molar-refractivity contribution in [1.82, 2.24) is 29.8 Å². The molecule has 0 fully saturated rings. The fraction of sp³-hybridized carbons (Fsp3) is 0.304. The zero-order valence-electron chi connectivity index (χ0n) is 19.6. The number of halogens is 4. The quantitative estimate of drug-likeness (QED) is 0.384. The number of nitrogens with zero attached hydrogens (tertiary/aromatic N) is 5. The van der Waals surface area contributed by atoms with Gasteiger partial charge in [-0.25, -0.2) is 9.97 Å². The number of rotatable bonds is 7. The van der Waals surface area contributed by atoms with Gasteiger partial charge in [0.2, 0.25) is 5.91 Å². The van der Waals surface area contributed by atoms with Gasteiger partial charge in [-0.2, -0.15) is 4.52 Å². The average Bonchev–Trinajstić information content (AvgIpc) is 3.24. The van der Waals surface area contributed by atoms with Crippen molar-refractivity contribution >= 4 is 34.1 Å². The van der Waals surface area contributed by atoms with Gasteiger partial charge in [0.25, 0.3) is 0 Å². The smallest absolute Gasteiger partial charge is 0.405 e. The number of alkyl halides is 3. The van der Waals surface area contributed by atoms with E-state index in [1.165, 1.54) is 23.6 Å². The number of para-hydroxylation sites is 1. The number of ether oxygens (including phenoxy) is 1. The fourth-order valence-electron chi connectivity index (χ4n) is 3.57. The van der Waals surface area contributed by atoms with Crippen LogP contribution in [0.1, 0.15) is 12.7 Å². The van der Waals surface area contributed by atoms with Crippen LogP contribution in [0.4, 0.5) is 13.2 Å². The van der Waals surface area contributed by atoms with Gasteiger partial charge in [-0.1, -0.05) is 23.7 Å². The summed E-state index contributed by atoms with van der Waals surface area (Å²) < 4.78 is 44.5. The van der Waals surface area contributed by atoms with E-state index in [0.717, 1.165) is 6.07 Å². The Balaban J connectivity index is 1.90. The first kappa shape index (κ1) is 25.6. The highest BCUT2D eigenvalue weighted by molar-refractivity contribution is 6.30. The maximum Gasteiger partial charge on any atom is 0.573 e. The van der Waals surface area contributed by atoms with Crippen LogP contribution in [0.3, 0.4) is 0 Å². The normalized spacial score (nSPS) is 13.8. The van der Waals surface area contributed by atoms with Crippen molar-refractivity contribution in [2.45, 2.75) is 18.8 Å². The molecule has 0 saturated carbocycles. The van der Waals surface area contributed by atoms with Crippen LogP contribution in [0.2, 0.25) is 5.02 Å². The van der Waals surface area contributed by atoms with E-state index < -0.39 is 23.6 Å². The van der Waals surface area contributed by atoms with Gasteiger partial charge in [0, 0.05) is 23.5 Å². The second-order valence-corrected chi connectivity index (χ2v) is 9.01. The minimum absolute atomic E-state index is 0.0534. The van der Waals surface area contributed by atoms with Crippen molar-refractivity contribution in [3.63, 3.8) is 0 Å². The third-order valence-corrected chi connectivity index (χ3v) is 5.60. The van der Waals surface area contributed by atoms with Crippen LogP contribution in [-0.4, -0.2) is 63.9 Å². The molecule has 2 aromatic carbocycles. The van der Waals surface area contributed by atoms with Crippen molar-refractivity contribution in [3.05, 3.63) is 53.3 Å². The molecule has 1 atom stereocenters. The lowest BCUT2D eigenvalue weighted by atomic mass is 10.0. The molecule has 0 radical (unpaired) electrons. The van der Waals surface area contributed by atoms with Gasteiger partial charge in [0.15, 0.2) is 22.8 Å². The summed E-state index contributed by atoms with van der Waals surface area (Å²) in [6.45, 7) is 2.42. The van der Waals surface area contributed by atoms with E-state index in [1.54, 1.807) is 24.3 Å². The van der Waals surface area contributed by atoms with Gasteiger partial charge in [-0.15, -0.1) is 18.3 Å². The highest BCUT2D eigenvalue weighted by Crippen LogP contribution is 2.35. The summed E-state index contributed by atoms with van der Waals surface area (Å²) in [7, 11) is 3.73. The molecule has 0 aliphatic heterocycles. The molecule has 1 amide bonds. The summed E-state index contributed by atoms with van der Waals surface area (Å²) in [5, 5.41) is 7.88. The van der Waals surface area contributed by atoms with Gasteiger partial charge in [-0.05, 0) is 51.4 Å². The molecule has 0 saturated heterocycles. The Morgan fingerprint density at radius 2 is 1.92 bits per heavy atom. The second-order valence-electron chi connectivity index (χ2n) is 8.57. The standard InChI is InChI=1S/C23H23ClF3N7O2/c1-22(28,21(35)29-10-11-33(2)3)20-30-16-7-5-4-6-14(16)19-31-18(32-34(19)20)15-12-13(24)8-9-17(15)36-23(25,26)27/h4-9,12H,10-11,28H2,1-3H3,(H,29,35)/t22-/m0/s1. The third kappa shape index (κ3) is 5.20. The van der Waals surface area contributed by atoms with Crippen LogP contribution >= 0.6 is 11.6 Å². The molecule has 4 rings (SSSR count). The Morgan fingerprint density at radius 3 is 2.61 bits per heavy atom. The van der Waals surface area contributed by atoms with Gasteiger partial charge in [0.05, 0.1) is 11.1 Å². The van der Waals surface area contributed by atoms with Crippen molar-refractivity contribution < 1.29 is 22.7 Å². The molecular weight excluding hydrogens is 499 g/mol. The van der Waals surface area contributed by atoms with Gasteiger partial charge >= 0.3 is 6.36 Å². The molecule has 0 spiro atoms. The summed E-state index contributed by atoms with van der Waals surface area (Å²) in [5.41, 5.74) is 5.46. The lowest BCUT2D eigenvalue weighted by Gasteiger charge is -2.24. The van der Waals surface area contributed by atoms with Crippen LogP contribution in [-0.2, 0) is 10.3 Å². The number of nitrogens with one attached hydrogen (secondary N) is 1. The van der Waals surface area contributed by atoms with E-state index in [-0.39, 0.29) is 27.9 Å². The molecule has 9 nitrogen and oxygen atoms in total. The first-order valence-corrected chi connectivity index (χ1v) is 11.2. The maximum absolute atomic E-state index is 13.0. The van der Waals surface area contributed by atoms with Crippen LogP contribution in [0.15, 0.2) is 42.5 Å². The summed E-state index contributed by atoms with van der Waals surface area (Å²) in [6, 6.07) is 10.6. The molecule has 0 bridgehead atoms. The Bertz CT molecular complexity index is 1440. The summed E-state index contributed by atoms with van der Waals surface area (Å²) in [6.07, 6.45) is -4.94. The summed E-state index contributed by atoms with van der Waals surface area (Å²) in [4.78, 5) is 24.0. The number of hydrogen-bond donors (Lipinski definition) is 2. The van der Waals surface area contributed by atoms with Crippen LogP contribution in [0, 0.1) is 0 Å². The van der Waals surface area contributed by atoms with Gasteiger partial charge in [-0.3, -0.25) is 4.79 Å². The fourth-order valence-corrected chi connectivity index (χ4v) is 3.75. The molecule has 36 heavy (non-hydrogen) atoms. The highest BCUT2D eigenvalue weighted by atomic mass is 35.5. The largest absolute Gasteiger partial charge is 0.573 e. The minimum atomic E-state index is -4.94. The number of likely N-dealkylation sites (N-methyl/N-ethyl adjacent to an activating group) is 1. The van der Waals surface area contributed by atoms with E-state index in [1.807, 2.05) is 19.0 Å². The van der Waals surface area contributed by atoms with E-state index in [2.05, 4.69) is 25.1 Å². The maximum atomic E-state index is 13.0. The van der Waals surface area contributed by atoms with E-state index in [9.17, 15) is 18.0 Å². The number of aromatic nitrogens is 4. The number of fused-ring (bicyclic) bond motifs is 3. The van der Waals surface area contributed by atoms with Gasteiger partial charge < -0.3 is 20.7 Å². The minimum Gasteiger partial charge on any atom is -0.405 e. The number of amides is 1. The molecule has 190 valence electrons. The number of benzene rings is 2. The number of carbonyl (C=O) groups excluding carboxylic acids is 1. The molecule has 13 heteroatoms. The van der Waals surface area contributed by atoms with Crippen LogP contribution < -0.4 is 15.8 Å². The Kier molecular flexibility index (Phi) is 6.78. The van der Waals surface area contributed by atoms with E-state index >= 15 is 0 Å². The number of carbonyl (C=O) groups is 1. The van der Waals surface area contributed by atoms with Gasteiger partial charge in [0.1, 0.15) is 5.75 Å². The Hall–Kier alpha value is -3.48. The van der Waals surface area contributed by atoms with Crippen molar-refractivity contribution in [1.29, 1.82) is 0 Å². The molecule has 0 unspecified atom stereocenters. The number of hydrogen-bond acceptors (Lipinski definition) is 7. The lowest BCUT2D eigenvalue weighted by molar-refractivity contribution is -0.274. The van der Waals surface area contributed by atoms with Crippen LogP contribution in [0.25, 0.3) is 27.9 Å². The second kappa shape index (κ2) is 9.52. The average molecular weight is 522 g/mol. The summed E-state index contributed by atoms with van der Waals surface area (Å²) in [5.74, 6) is -1.09. The van der Waals surface area contributed by atoms with Crippen LogP contribution in [0.5, 0.6) is 5.75 Å². The summed E-state index contributed by atoms with van der Waals surface area (Å²) >= 11 is 6.06. The number of nitrogens with two attached hydrogens (primary N) is 1. The molecule has 2 heterocycles. The van der Waals surface area contributed by atoms with Crippen molar-refractivity contribution in [2.75, 3.05) is 27.2 Å². The lowest BCUT2D eigenvalue weighted by Crippen LogP contribution is -2.51. The predicted octanol–water partition coefficient (Wildman–Crippen LogP) is 3.35. The monoisotopic (exact) mass is 521 g/mol. The molecule has 0 aliphatic rings. The molecule has 0 aliphatic carbocycles. The Labute approximate surface area is 209 Å². The third-order valence-electron chi connectivity index (χ3n) is 5.37. The molecule has 3 N–H and O–H groups in total. The first-order chi connectivity index (χ1) is 16.9. The SMILES string of the molecule is CN(C)CCNC(=O)[C@@](C)(N)c1nc2ccccc2c2nc(-c3cc(Cl)ccc3OC(F)(F)F)nn12. The molecule has 2 aromatic heterocycles. The van der Waals surface area contributed by atoms with Crippen molar-refractivity contribution in [2.24, 2.45) is 5.73 Å². The zero-order chi connectivity index (χ0) is 26.3. The highest BCUT2D eigenvalue weighted by Gasteiger charge is 2.37. The first-order valence-electron chi connectivity index (χ1n) is 10.8. The topological polar surface area (TPSA) is 111 Å². The Morgan fingerprint density at radius 1 is 1.19 bits per heavy atom. The van der Waals surface area contributed by atoms with Crippen molar-refractivity contribution in [3.8, 4) is 17.1 Å². The zero-order valence-corrected chi connectivity index (χ0v) is 20.4. The molecule has 4 aromatic rings. The van der Waals surface area contributed by atoms with E-state index in [4.69, 9.17) is 17.3 Å².